The van der Waals surface area contributed by atoms with Crippen LogP contribution in [0.1, 0.15) is 22.3 Å². The van der Waals surface area contributed by atoms with Crippen molar-refractivity contribution < 1.29 is 4.42 Å². The van der Waals surface area contributed by atoms with Gasteiger partial charge in [-0.25, -0.2) is 0 Å². The van der Waals surface area contributed by atoms with E-state index in [1.54, 1.807) is 0 Å². The minimum absolute atomic E-state index is 0.537. The zero-order valence-electron chi connectivity index (χ0n) is 36.7. The largest absolute Gasteiger partial charge is 0.456 e. The lowest BCUT2D eigenvalue weighted by atomic mass is 9.67. The van der Waals surface area contributed by atoms with Gasteiger partial charge < -0.3 is 9.32 Å². The molecule has 0 radical (unpaired) electrons. The molecular weight excluding hydrogens is 811 g/mol. The molecule has 1 aliphatic carbocycles. The fraction of sp³-hybridized carbons (Fsp3) is 0.0154. The van der Waals surface area contributed by atoms with E-state index in [9.17, 15) is 0 Å². The molecule has 12 aromatic rings. The molecule has 0 N–H and O–H groups in total. The lowest BCUT2D eigenvalue weighted by Gasteiger charge is -2.35. The van der Waals surface area contributed by atoms with Crippen molar-refractivity contribution in [3.63, 3.8) is 0 Å². The highest BCUT2D eigenvalue weighted by molar-refractivity contribution is 6.07. The Bertz CT molecular complexity index is 3750. The van der Waals surface area contributed by atoms with Gasteiger partial charge in [-0.2, -0.15) is 0 Å². The number of rotatable bonds is 8. The van der Waals surface area contributed by atoms with Gasteiger partial charge in [-0.3, -0.25) is 0 Å². The molecule has 0 saturated heterocycles. The number of nitrogens with zero attached hydrogens (tertiary/aromatic N) is 1. The van der Waals surface area contributed by atoms with E-state index in [1.165, 1.54) is 60.8 Å². The van der Waals surface area contributed by atoms with E-state index in [0.717, 1.165) is 55.7 Å². The molecule has 1 aliphatic rings. The Morgan fingerprint density at radius 2 is 0.836 bits per heavy atom. The Labute approximate surface area is 390 Å². The van der Waals surface area contributed by atoms with E-state index in [4.69, 9.17) is 4.42 Å². The molecule has 314 valence electrons. The fourth-order valence-electron chi connectivity index (χ4n) is 10.9. The van der Waals surface area contributed by atoms with Crippen LogP contribution in [0, 0.1) is 0 Å². The van der Waals surface area contributed by atoms with Gasteiger partial charge in [-0.1, -0.05) is 212 Å². The predicted octanol–water partition coefficient (Wildman–Crippen LogP) is 17.6. The topological polar surface area (TPSA) is 16.4 Å². The maximum absolute atomic E-state index is 6.30. The lowest BCUT2D eigenvalue weighted by molar-refractivity contribution is 0.669. The highest BCUT2D eigenvalue weighted by atomic mass is 16.3. The van der Waals surface area contributed by atoms with E-state index in [-0.39, 0.29) is 0 Å². The summed E-state index contributed by atoms with van der Waals surface area (Å²) in [5.41, 5.74) is 19.1. The standard InChI is InChI=1S/C65H43NO/c1-3-18-49(19-4-1)65(50-20-5-2-6-21-50)60-27-12-9-24-56(60)57-40-39-52(43-61(57)65)66(62-28-13-10-23-55(62)48-36-41-64-59(42-48)58-25-11-14-29-63(58)67-64)51-37-34-45(35-38-51)44-30-32-47(33-31-44)54-26-15-17-46-16-7-8-22-53(46)54/h1-43H. The van der Waals surface area contributed by atoms with Gasteiger partial charge in [0.1, 0.15) is 11.2 Å². The Balaban J connectivity index is 0.988. The first kappa shape index (κ1) is 38.7. The smallest absolute Gasteiger partial charge is 0.135 e. The molecule has 1 aromatic heterocycles. The second-order valence-corrected chi connectivity index (χ2v) is 17.6. The number of hydrogen-bond acceptors (Lipinski definition) is 2. The highest BCUT2D eigenvalue weighted by Gasteiger charge is 2.46. The fourth-order valence-corrected chi connectivity index (χ4v) is 10.9. The minimum Gasteiger partial charge on any atom is -0.456 e. The summed E-state index contributed by atoms with van der Waals surface area (Å²) in [5, 5.41) is 4.74. The van der Waals surface area contributed by atoms with Crippen molar-refractivity contribution in [2.24, 2.45) is 0 Å². The van der Waals surface area contributed by atoms with Gasteiger partial charge in [0, 0.05) is 27.7 Å². The molecule has 0 spiro atoms. The molecule has 0 saturated carbocycles. The zero-order chi connectivity index (χ0) is 44.3. The maximum atomic E-state index is 6.30. The normalized spacial score (nSPS) is 12.6. The molecule has 11 aromatic carbocycles. The third kappa shape index (κ3) is 6.26. The van der Waals surface area contributed by atoms with Gasteiger partial charge in [0.05, 0.1) is 11.1 Å². The van der Waals surface area contributed by atoms with Crippen LogP contribution in [0.4, 0.5) is 17.1 Å². The second kappa shape index (κ2) is 15.8. The van der Waals surface area contributed by atoms with Gasteiger partial charge in [-0.15, -0.1) is 0 Å². The molecule has 0 atom stereocenters. The van der Waals surface area contributed by atoms with Crippen molar-refractivity contribution in [2.75, 3.05) is 4.90 Å². The highest BCUT2D eigenvalue weighted by Crippen LogP contribution is 2.57. The number of fused-ring (bicyclic) bond motifs is 7. The first-order valence-corrected chi connectivity index (χ1v) is 23.1. The summed E-state index contributed by atoms with van der Waals surface area (Å²) in [7, 11) is 0. The van der Waals surface area contributed by atoms with Crippen molar-refractivity contribution in [3.05, 3.63) is 283 Å². The summed E-state index contributed by atoms with van der Waals surface area (Å²) in [5.74, 6) is 0. The molecule has 2 nitrogen and oxygen atoms in total. The van der Waals surface area contributed by atoms with Gasteiger partial charge in [0.25, 0.3) is 0 Å². The maximum Gasteiger partial charge on any atom is 0.135 e. The van der Waals surface area contributed by atoms with Crippen LogP contribution in [-0.2, 0) is 5.41 Å². The molecule has 2 heteroatoms. The van der Waals surface area contributed by atoms with Crippen LogP contribution in [0.5, 0.6) is 0 Å². The number of para-hydroxylation sites is 2. The van der Waals surface area contributed by atoms with E-state index in [0.29, 0.717) is 0 Å². The van der Waals surface area contributed by atoms with Crippen LogP contribution in [-0.4, -0.2) is 0 Å². The molecule has 0 aliphatic heterocycles. The van der Waals surface area contributed by atoms with Crippen LogP contribution in [0.3, 0.4) is 0 Å². The van der Waals surface area contributed by atoms with Crippen LogP contribution in [0.25, 0.3) is 77.2 Å². The number of furan rings is 1. The molecule has 1 heterocycles. The number of benzene rings is 11. The Morgan fingerprint density at radius 3 is 1.61 bits per heavy atom. The molecule has 0 bridgehead atoms. The summed E-state index contributed by atoms with van der Waals surface area (Å²) in [6, 6.07) is 95.2. The summed E-state index contributed by atoms with van der Waals surface area (Å²) >= 11 is 0. The second-order valence-electron chi connectivity index (χ2n) is 17.6. The van der Waals surface area contributed by atoms with Crippen molar-refractivity contribution in [3.8, 4) is 44.5 Å². The Hall–Kier alpha value is -8.72. The molecule has 0 fully saturated rings. The van der Waals surface area contributed by atoms with E-state index in [2.05, 4.69) is 254 Å². The molecule has 13 rings (SSSR count). The Morgan fingerprint density at radius 1 is 0.299 bits per heavy atom. The molecule has 0 amide bonds. The first-order valence-electron chi connectivity index (χ1n) is 23.1. The first-order chi connectivity index (χ1) is 33.2. The number of anilines is 3. The van der Waals surface area contributed by atoms with Crippen molar-refractivity contribution >= 4 is 49.8 Å². The SMILES string of the molecule is c1ccc(C2(c3ccccc3)c3ccccc3-c3ccc(N(c4ccc(-c5ccc(-c6cccc7ccccc67)cc5)cc4)c4ccccc4-c4ccc5oc6ccccc6c5c4)cc32)cc1. The van der Waals surface area contributed by atoms with Crippen LogP contribution in [0.15, 0.2) is 265 Å². The third-order valence-corrected chi connectivity index (χ3v) is 14.0. The predicted molar refractivity (Wildman–Crippen MR) is 280 cm³/mol. The van der Waals surface area contributed by atoms with Crippen molar-refractivity contribution in [1.82, 2.24) is 0 Å². The average molecular weight is 854 g/mol. The van der Waals surface area contributed by atoms with Gasteiger partial charge >= 0.3 is 0 Å². The molecular formula is C65H43NO. The van der Waals surface area contributed by atoms with Crippen molar-refractivity contribution in [1.29, 1.82) is 0 Å². The van der Waals surface area contributed by atoms with Crippen LogP contribution >= 0.6 is 0 Å². The summed E-state index contributed by atoms with van der Waals surface area (Å²) < 4.78 is 6.30. The van der Waals surface area contributed by atoms with Gasteiger partial charge in [0.2, 0.25) is 0 Å². The quantitative estimate of drug-likeness (QED) is 0.151. The van der Waals surface area contributed by atoms with Crippen molar-refractivity contribution in [2.45, 2.75) is 5.41 Å². The van der Waals surface area contributed by atoms with E-state index in [1.807, 2.05) is 12.1 Å². The van der Waals surface area contributed by atoms with E-state index >= 15 is 0 Å². The minimum atomic E-state index is -0.537. The Kier molecular flexibility index (Phi) is 9.11. The van der Waals surface area contributed by atoms with Gasteiger partial charge in [0.15, 0.2) is 0 Å². The summed E-state index contributed by atoms with van der Waals surface area (Å²) in [6.07, 6.45) is 0. The van der Waals surface area contributed by atoms with Gasteiger partial charge in [-0.05, 0) is 121 Å². The van der Waals surface area contributed by atoms with E-state index < -0.39 is 5.41 Å². The number of hydrogen-bond donors (Lipinski definition) is 0. The summed E-state index contributed by atoms with van der Waals surface area (Å²) in [4.78, 5) is 2.45. The van der Waals surface area contributed by atoms with Crippen LogP contribution < -0.4 is 4.90 Å². The monoisotopic (exact) mass is 853 g/mol. The average Bonchev–Trinajstić information content (AvgIpc) is 3.93. The molecule has 67 heavy (non-hydrogen) atoms. The summed E-state index contributed by atoms with van der Waals surface area (Å²) in [6.45, 7) is 0. The molecule has 0 unspecified atom stereocenters. The third-order valence-electron chi connectivity index (χ3n) is 14.0. The zero-order valence-corrected chi connectivity index (χ0v) is 36.7. The van der Waals surface area contributed by atoms with Crippen LogP contribution in [0.2, 0.25) is 0 Å². The lowest BCUT2D eigenvalue weighted by Crippen LogP contribution is -2.28.